The molecule has 0 fully saturated rings. The molecule has 21 heavy (non-hydrogen) atoms. The molecule has 0 spiro atoms. The molecule has 0 aromatic carbocycles. The quantitative estimate of drug-likeness (QED) is 0.267. The van der Waals surface area contributed by atoms with E-state index in [1.807, 2.05) is 0 Å². The van der Waals surface area contributed by atoms with Crippen molar-refractivity contribution in [3.8, 4) is 0 Å². The Balaban J connectivity index is 3.67. The van der Waals surface area contributed by atoms with Crippen molar-refractivity contribution < 1.29 is 14.3 Å². The lowest BCUT2D eigenvalue weighted by Crippen LogP contribution is -2.19. The zero-order valence-corrected chi connectivity index (χ0v) is 14.8. The van der Waals surface area contributed by atoms with Crippen LogP contribution in [0.1, 0.15) is 79.6 Å². The summed E-state index contributed by atoms with van der Waals surface area (Å²) in [6, 6.07) is 0. The maximum absolute atomic E-state index is 11.5. The van der Waals surface area contributed by atoms with Crippen LogP contribution in [0.25, 0.3) is 0 Å². The van der Waals surface area contributed by atoms with Gasteiger partial charge in [-0.05, 0) is 30.6 Å². The van der Waals surface area contributed by atoms with Crippen molar-refractivity contribution in [3.05, 3.63) is 0 Å². The summed E-state index contributed by atoms with van der Waals surface area (Å²) in [6.45, 7) is 11.9. The van der Waals surface area contributed by atoms with Gasteiger partial charge in [0.15, 0.2) is 6.79 Å². The fraction of sp³-hybridized carbons (Fsp3) is 0.944. The van der Waals surface area contributed by atoms with Crippen molar-refractivity contribution >= 4 is 5.97 Å². The molecule has 126 valence electrons. The van der Waals surface area contributed by atoms with Crippen molar-refractivity contribution in [2.75, 3.05) is 13.4 Å². The predicted molar refractivity (Wildman–Crippen MR) is 88.1 cm³/mol. The minimum Gasteiger partial charge on any atom is -0.438 e. The standard InChI is InChI=1S/C18H36O3/c1-6-7-8-9-10-18(19)21-14-20-13-17(16(4)5)12-11-15(2)3/h15-17H,6-14H2,1-5H3. The monoisotopic (exact) mass is 300 g/mol. The minimum atomic E-state index is -0.130. The van der Waals surface area contributed by atoms with Gasteiger partial charge in [-0.25, -0.2) is 0 Å². The highest BCUT2D eigenvalue weighted by Gasteiger charge is 2.14. The Bertz CT molecular complexity index is 249. The van der Waals surface area contributed by atoms with Crippen LogP contribution in [0, 0.1) is 17.8 Å². The number of rotatable bonds is 13. The van der Waals surface area contributed by atoms with Crippen molar-refractivity contribution in [1.29, 1.82) is 0 Å². The summed E-state index contributed by atoms with van der Waals surface area (Å²) in [4.78, 5) is 11.5. The second-order valence-electron chi connectivity index (χ2n) is 6.79. The molecule has 0 aliphatic rings. The third-order valence-corrected chi connectivity index (χ3v) is 3.93. The number of carbonyl (C=O) groups excluding carboxylic acids is 1. The molecule has 0 amide bonds. The van der Waals surface area contributed by atoms with E-state index in [2.05, 4.69) is 34.6 Å². The topological polar surface area (TPSA) is 35.5 Å². The number of esters is 1. The lowest BCUT2D eigenvalue weighted by molar-refractivity contribution is -0.157. The van der Waals surface area contributed by atoms with E-state index in [-0.39, 0.29) is 12.8 Å². The lowest BCUT2D eigenvalue weighted by atomic mass is 9.89. The predicted octanol–water partition coefficient (Wildman–Crippen LogP) is 5.18. The molecule has 0 heterocycles. The van der Waals surface area contributed by atoms with E-state index >= 15 is 0 Å². The van der Waals surface area contributed by atoms with Gasteiger partial charge in [0.05, 0.1) is 6.61 Å². The molecule has 0 rings (SSSR count). The Morgan fingerprint density at radius 1 is 1.00 bits per heavy atom. The molecule has 1 atom stereocenters. The van der Waals surface area contributed by atoms with Gasteiger partial charge in [0.2, 0.25) is 0 Å². The van der Waals surface area contributed by atoms with E-state index in [0.29, 0.717) is 24.9 Å². The van der Waals surface area contributed by atoms with Gasteiger partial charge in [0.1, 0.15) is 0 Å². The third kappa shape index (κ3) is 12.9. The van der Waals surface area contributed by atoms with Crippen LogP contribution in [-0.2, 0) is 14.3 Å². The summed E-state index contributed by atoms with van der Waals surface area (Å²) >= 11 is 0. The van der Waals surface area contributed by atoms with Crippen LogP contribution in [0.4, 0.5) is 0 Å². The third-order valence-electron chi connectivity index (χ3n) is 3.93. The maximum Gasteiger partial charge on any atom is 0.307 e. The number of unbranched alkanes of at least 4 members (excludes halogenated alkanes) is 3. The van der Waals surface area contributed by atoms with Gasteiger partial charge in [-0.3, -0.25) is 4.79 Å². The molecule has 3 nitrogen and oxygen atoms in total. The Morgan fingerprint density at radius 2 is 1.71 bits per heavy atom. The Labute approximate surface area is 131 Å². The molecule has 0 saturated heterocycles. The van der Waals surface area contributed by atoms with Crippen LogP contribution in [-0.4, -0.2) is 19.4 Å². The first-order chi connectivity index (χ1) is 9.97. The molecule has 1 unspecified atom stereocenters. The van der Waals surface area contributed by atoms with Crippen LogP contribution in [0.3, 0.4) is 0 Å². The van der Waals surface area contributed by atoms with E-state index in [9.17, 15) is 4.79 Å². The molecule has 0 N–H and O–H groups in total. The SMILES string of the molecule is CCCCCCC(=O)OCOCC(CCC(C)C)C(C)C. The van der Waals surface area contributed by atoms with Crippen molar-refractivity contribution in [1.82, 2.24) is 0 Å². The van der Waals surface area contributed by atoms with Gasteiger partial charge in [0, 0.05) is 6.42 Å². The largest absolute Gasteiger partial charge is 0.438 e. The van der Waals surface area contributed by atoms with Crippen molar-refractivity contribution in [2.45, 2.75) is 79.6 Å². The summed E-state index contributed by atoms with van der Waals surface area (Å²) in [5.41, 5.74) is 0. The number of ether oxygens (including phenoxy) is 2. The Kier molecular flexibility index (Phi) is 12.8. The highest BCUT2D eigenvalue weighted by Crippen LogP contribution is 2.20. The lowest BCUT2D eigenvalue weighted by Gasteiger charge is -2.21. The highest BCUT2D eigenvalue weighted by molar-refractivity contribution is 5.69. The van der Waals surface area contributed by atoms with E-state index in [4.69, 9.17) is 9.47 Å². The van der Waals surface area contributed by atoms with Crippen molar-refractivity contribution in [2.24, 2.45) is 17.8 Å². The second-order valence-corrected chi connectivity index (χ2v) is 6.79. The van der Waals surface area contributed by atoms with Crippen LogP contribution >= 0.6 is 0 Å². The van der Waals surface area contributed by atoms with Crippen LogP contribution in [0.2, 0.25) is 0 Å². The maximum atomic E-state index is 11.5. The van der Waals surface area contributed by atoms with Gasteiger partial charge in [-0.15, -0.1) is 0 Å². The average molecular weight is 300 g/mol. The molecule has 0 aliphatic carbocycles. The highest BCUT2D eigenvalue weighted by atomic mass is 16.7. The Morgan fingerprint density at radius 3 is 2.29 bits per heavy atom. The summed E-state index contributed by atoms with van der Waals surface area (Å²) in [5.74, 6) is 1.76. The number of hydrogen-bond acceptors (Lipinski definition) is 3. The first-order valence-electron chi connectivity index (χ1n) is 8.70. The number of carbonyl (C=O) groups is 1. The zero-order chi connectivity index (χ0) is 16.1. The smallest absolute Gasteiger partial charge is 0.307 e. The first kappa shape index (κ1) is 20.4. The molecule has 0 aromatic rings. The molecule has 0 radical (unpaired) electrons. The normalized spacial score (nSPS) is 12.9. The summed E-state index contributed by atoms with van der Waals surface area (Å²) in [7, 11) is 0. The number of hydrogen-bond donors (Lipinski definition) is 0. The molecule has 0 bridgehead atoms. The molecular weight excluding hydrogens is 264 g/mol. The minimum absolute atomic E-state index is 0.109. The van der Waals surface area contributed by atoms with Gasteiger partial charge >= 0.3 is 5.97 Å². The van der Waals surface area contributed by atoms with Gasteiger partial charge < -0.3 is 9.47 Å². The fourth-order valence-electron chi connectivity index (χ4n) is 2.23. The molecule has 3 heteroatoms. The van der Waals surface area contributed by atoms with Crippen LogP contribution in [0.15, 0.2) is 0 Å². The summed E-state index contributed by atoms with van der Waals surface area (Å²) < 4.78 is 10.7. The van der Waals surface area contributed by atoms with E-state index in [1.54, 1.807) is 0 Å². The van der Waals surface area contributed by atoms with E-state index in [0.717, 1.165) is 18.8 Å². The molecule has 0 saturated carbocycles. The van der Waals surface area contributed by atoms with Gasteiger partial charge in [-0.2, -0.15) is 0 Å². The second kappa shape index (κ2) is 13.1. The summed E-state index contributed by atoms with van der Waals surface area (Å²) in [5, 5.41) is 0. The molecule has 0 aliphatic heterocycles. The average Bonchev–Trinajstić information content (AvgIpc) is 2.42. The summed E-state index contributed by atoms with van der Waals surface area (Å²) in [6.07, 6.45) is 7.33. The van der Waals surface area contributed by atoms with Crippen molar-refractivity contribution in [3.63, 3.8) is 0 Å². The van der Waals surface area contributed by atoms with E-state index < -0.39 is 0 Å². The zero-order valence-electron chi connectivity index (χ0n) is 14.8. The molecule has 0 aromatic heterocycles. The van der Waals surface area contributed by atoms with Gasteiger partial charge in [0.25, 0.3) is 0 Å². The fourth-order valence-corrected chi connectivity index (χ4v) is 2.23. The van der Waals surface area contributed by atoms with E-state index in [1.165, 1.54) is 25.7 Å². The van der Waals surface area contributed by atoms with Crippen LogP contribution < -0.4 is 0 Å². The van der Waals surface area contributed by atoms with Crippen LogP contribution in [0.5, 0.6) is 0 Å². The Hall–Kier alpha value is -0.570. The molecular formula is C18H36O3. The first-order valence-corrected chi connectivity index (χ1v) is 8.70. The van der Waals surface area contributed by atoms with Gasteiger partial charge in [-0.1, -0.05) is 60.3 Å².